The van der Waals surface area contributed by atoms with Crippen LogP contribution in [0, 0.1) is 5.92 Å². The highest BCUT2D eigenvalue weighted by atomic mass is 35.5. The molecule has 2 rings (SSSR count). The standard InChI is InChI=1S/C16H18Cl2O4/c17-15-11(8-13(16(15)18)22-9-14(20)21)6-7-12(19)10-4-2-1-3-5-10/h1-5,11,13,15-16H,6-9H2,(H,20,21). The van der Waals surface area contributed by atoms with Crippen molar-refractivity contribution in [2.24, 2.45) is 5.92 Å². The summed E-state index contributed by atoms with van der Waals surface area (Å²) in [6, 6.07) is 9.11. The van der Waals surface area contributed by atoms with Gasteiger partial charge < -0.3 is 9.84 Å². The zero-order valence-electron chi connectivity index (χ0n) is 12.0. The molecular weight excluding hydrogens is 327 g/mol. The summed E-state index contributed by atoms with van der Waals surface area (Å²) in [6.07, 6.45) is 1.22. The van der Waals surface area contributed by atoms with E-state index < -0.39 is 11.3 Å². The maximum atomic E-state index is 12.1. The van der Waals surface area contributed by atoms with Crippen LogP contribution in [0.3, 0.4) is 0 Å². The summed E-state index contributed by atoms with van der Waals surface area (Å²) in [5.74, 6) is -0.904. The van der Waals surface area contributed by atoms with Crippen LogP contribution in [-0.4, -0.2) is 40.3 Å². The summed E-state index contributed by atoms with van der Waals surface area (Å²) in [4.78, 5) is 22.7. The highest BCUT2D eigenvalue weighted by molar-refractivity contribution is 6.30. The van der Waals surface area contributed by atoms with Crippen molar-refractivity contribution in [3.63, 3.8) is 0 Å². The first-order chi connectivity index (χ1) is 10.5. The average Bonchev–Trinajstić information content (AvgIpc) is 2.79. The fraction of sp³-hybridized carbons (Fsp3) is 0.500. The maximum Gasteiger partial charge on any atom is 0.329 e. The normalized spacial score (nSPS) is 27.7. The molecule has 1 aromatic rings. The molecule has 1 aliphatic carbocycles. The Balaban J connectivity index is 1.85. The number of Topliss-reactive ketones (excluding diaryl/α,β-unsaturated/α-hetero) is 1. The maximum absolute atomic E-state index is 12.1. The summed E-state index contributed by atoms with van der Waals surface area (Å²) in [7, 11) is 0. The Bertz CT molecular complexity index is 520. The van der Waals surface area contributed by atoms with Gasteiger partial charge in [-0.05, 0) is 18.8 Å². The number of ether oxygens (including phenoxy) is 1. The second-order valence-electron chi connectivity index (χ2n) is 5.46. The molecule has 22 heavy (non-hydrogen) atoms. The molecule has 4 atom stereocenters. The molecule has 0 aliphatic heterocycles. The quantitative estimate of drug-likeness (QED) is 0.608. The molecule has 0 saturated heterocycles. The lowest BCUT2D eigenvalue weighted by atomic mass is 9.97. The van der Waals surface area contributed by atoms with Gasteiger partial charge in [0.05, 0.1) is 16.9 Å². The molecule has 0 radical (unpaired) electrons. The van der Waals surface area contributed by atoms with Gasteiger partial charge in [-0.1, -0.05) is 30.3 Å². The molecule has 0 amide bonds. The first kappa shape index (κ1) is 17.3. The number of halogens is 2. The van der Waals surface area contributed by atoms with Crippen LogP contribution in [0.1, 0.15) is 29.6 Å². The van der Waals surface area contributed by atoms with Crippen molar-refractivity contribution < 1.29 is 19.4 Å². The Morgan fingerprint density at radius 3 is 2.50 bits per heavy atom. The fourth-order valence-electron chi connectivity index (χ4n) is 2.72. The largest absolute Gasteiger partial charge is 0.480 e. The Hall–Kier alpha value is -1.10. The molecule has 1 fully saturated rings. The zero-order chi connectivity index (χ0) is 16.1. The molecule has 120 valence electrons. The van der Waals surface area contributed by atoms with Gasteiger partial charge in [0.15, 0.2) is 5.78 Å². The minimum Gasteiger partial charge on any atom is -0.480 e. The number of rotatable bonds is 7. The first-order valence-electron chi connectivity index (χ1n) is 7.19. The van der Waals surface area contributed by atoms with Crippen molar-refractivity contribution in [2.75, 3.05) is 6.61 Å². The van der Waals surface area contributed by atoms with Gasteiger partial charge in [-0.15, -0.1) is 23.2 Å². The van der Waals surface area contributed by atoms with Crippen molar-refractivity contribution >= 4 is 35.0 Å². The minimum atomic E-state index is -1.03. The van der Waals surface area contributed by atoms with E-state index in [9.17, 15) is 9.59 Å². The third-order valence-electron chi connectivity index (χ3n) is 3.90. The van der Waals surface area contributed by atoms with Gasteiger partial charge in [0.25, 0.3) is 0 Å². The van der Waals surface area contributed by atoms with E-state index in [1.54, 1.807) is 12.1 Å². The number of hydrogen-bond donors (Lipinski definition) is 1. The highest BCUT2D eigenvalue weighted by Crippen LogP contribution is 2.39. The van der Waals surface area contributed by atoms with E-state index in [0.29, 0.717) is 24.8 Å². The van der Waals surface area contributed by atoms with E-state index in [0.717, 1.165) is 0 Å². The van der Waals surface area contributed by atoms with Gasteiger partial charge in [-0.25, -0.2) is 4.79 Å². The second kappa shape index (κ2) is 7.95. The van der Waals surface area contributed by atoms with Crippen LogP contribution in [0.25, 0.3) is 0 Å². The number of aliphatic carboxylic acids is 1. The molecule has 6 heteroatoms. The molecule has 0 spiro atoms. The van der Waals surface area contributed by atoms with E-state index >= 15 is 0 Å². The average molecular weight is 345 g/mol. The van der Waals surface area contributed by atoms with Crippen molar-refractivity contribution in [1.82, 2.24) is 0 Å². The fourth-order valence-corrected chi connectivity index (χ4v) is 3.50. The van der Waals surface area contributed by atoms with Gasteiger partial charge in [-0.2, -0.15) is 0 Å². The number of alkyl halides is 2. The van der Waals surface area contributed by atoms with Crippen LogP contribution in [0.5, 0.6) is 0 Å². The summed E-state index contributed by atoms with van der Waals surface area (Å²) in [6.45, 7) is -0.382. The monoisotopic (exact) mass is 344 g/mol. The highest BCUT2D eigenvalue weighted by Gasteiger charge is 2.42. The summed E-state index contributed by atoms with van der Waals surface area (Å²) in [5, 5.41) is 7.90. The van der Waals surface area contributed by atoms with E-state index in [4.69, 9.17) is 33.0 Å². The van der Waals surface area contributed by atoms with E-state index in [1.165, 1.54) is 0 Å². The van der Waals surface area contributed by atoms with Gasteiger partial charge in [-0.3, -0.25) is 4.79 Å². The lowest BCUT2D eigenvalue weighted by Gasteiger charge is -2.15. The third-order valence-corrected chi connectivity index (χ3v) is 5.21. The summed E-state index contributed by atoms with van der Waals surface area (Å²) < 4.78 is 5.27. The topological polar surface area (TPSA) is 63.6 Å². The molecule has 0 aromatic heterocycles. The van der Waals surface area contributed by atoms with Crippen molar-refractivity contribution in [3.8, 4) is 0 Å². The number of carbonyl (C=O) groups excluding carboxylic acids is 1. The third kappa shape index (κ3) is 4.45. The number of carboxylic acids is 1. The molecule has 0 bridgehead atoms. The van der Waals surface area contributed by atoms with Crippen LogP contribution in [0.2, 0.25) is 0 Å². The van der Waals surface area contributed by atoms with E-state index in [1.807, 2.05) is 18.2 Å². The lowest BCUT2D eigenvalue weighted by molar-refractivity contribution is -0.144. The van der Waals surface area contributed by atoms with Crippen LogP contribution in [0.15, 0.2) is 30.3 Å². The van der Waals surface area contributed by atoms with Crippen LogP contribution in [-0.2, 0) is 9.53 Å². The lowest BCUT2D eigenvalue weighted by Crippen LogP contribution is -2.26. The van der Waals surface area contributed by atoms with Gasteiger partial charge in [0.2, 0.25) is 0 Å². The van der Waals surface area contributed by atoms with Gasteiger partial charge >= 0.3 is 5.97 Å². The Morgan fingerprint density at radius 1 is 1.18 bits per heavy atom. The Morgan fingerprint density at radius 2 is 1.86 bits per heavy atom. The molecule has 4 unspecified atom stereocenters. The van der Waals surface area contributed by atoms with Crippen LogP contribution in [0.4, 0.5) is 0 Å². The van der Waals surface area contributed by atoms with Crippen molar-refractivity contribution in [3.05, 3.63) is 35.9 Å². The summed E-state index contributed by atoms with van der Waals surface area (Å²) >= 11 is 12.5. The molecule has 4 nitrogen and oxygen atoms in total. The number of benzene rings is 1. The SMILES string of the molecule is O=C(O)COC1CC(CCC(=O)c2ccccc2)C(Cl)C1Cl. The molecule has 1 aliphatic rings. The number of ketones is 1. The van der Waals surface area contributed by atoms with Crippen LogP contribution < -0.4 is 0 Å². The molecule has 0 heterocycles. The number of hydrogen-bond acceptors (Lipinski definition) is 3. The zero-order valence-corrected chi connectivity index (χ0v) is 13.5. The predicted molar refractivity (Wildman–Crippen MR) is 84.8 cm³/mol. The molecule has 1 saturated carbocycles. The second-order valence-corrected chi connectivity index (χ2v) is 6.46. The predicted octanol–water partition coefficient (Wildman–Crippen LogP) is 3.35. The molecule has 1 N–H and O–H groups in total. The van der Waals surface area contributed by atoms with Crippen molar-refractivity contribution in [1.29, 1.82) is 0 Å². The Labute approximate surface area is 139 Å². The molecule has 1 aromatic carbocycles. The van der Waals surface area contributed by atoms with Crippen molar-refractivity contribution in [2.45, 2.75) is 36.1 Å². The van der Waals surface area contributed by atoms with E-state index in [-0.39, 0.29) is 29.8 Å². The number of carboxylic acid groups (broad SMARTS) is 1. The molecular formula is C16H18Cl2O4. The number of carbonyl (C=O) groups is 2. The smallest absolute Gasteiger partial charge is 0.329 e. The van der Waals surface area contributed by atoms with Crippen LogP contribution >= 0.6 is 23.2 Å². The van der Waals surface area contributed by atoms with Gasteiger partial charge in [0.1, 0.15) is 6.61 Å². The minimum absolute atomic E-state index is 0.0515. The van der Waals surface area contributed by atoms with Gasteiger partial charge in [0, 0.05) is 12.0 Å². The Kier molecular flexibility index (Phi) is 6.24. The van der Waals surface area contributed by atoms with E-state index in [2.05, 4.69) is 0 Å². The first-order valence-corrected chi connectivity index (χ1v) is 8.06. The summed E-state index contributed by atoms with van der Waals surface area (Å²) in [5.41, 5.74) is 0.688.